The summed E-state index contributed by atoms with van der Waals surface area (Å²) in [6.45, 7) is 0.218. The lowest BCUT2D eigenvalue weighted by atomic mass is 10.2. The van der Waals surface area contributed by atoms with Gasteiger partial charge in [0.2, 0.25) is 5.91 Å². The molecule has 3 rings (SSSR count). The third-order valence-electron chi connectivity index (χ3n) is 4.17. The molecule has 0 spiro atoms. The first-order valence-corrected chi connectivity index (χ1v) is 9.23. The van der Waals surface area contributed by atoms with Gasteiger partial charge in [-0.1, -0.05) is 15.9 Å². The molecule has 0 aliphatic carbocycles. The van der Waals surface area contributed by atoms with Crippen LogP contribution in [0.3, 0.4) is 0 Å². The van der Waals surface area contributed by atoms with Crippen molar-refractivity contribution in [3.63, 3.8) is 0 Å². The minimum absolute atomic E-state index is 0.0657. The number of nitrogens with zero attached hydrogens (tertiary/aromatic N) is 1. The fourth-order valence-electron chi connectivity index (χ4n) is 2.84. The van der Waals surface area contributed by atoms with E-state index in [0.29, 0.717) is 17.2 Å². The summed E-state index contributed by atoms with van der Waals surface area (Å²) in [5.74, 6) is 0.433. The molecule has 2 heterocycles. The average Bonchev–Trinajstić information content (AvgIpc) is 3.35. The number of hydrogen-bond donors (Lipinski definition) is 1. The van der Waals surface area contributed by atoms with E-state index in [9.17, 15) is 9.59 Å². The molecule has 1 amide bonds. The van der Waals surface area contributed by atoms with Crippen LogP contribution in [0.5, 0.6) is 5.75 Å². The van der Waals surface area contributed by atoms with Crippen molar-refractivity contribution in [2.45, 2.75) is 13.1 Å². The van der Waals surface area contributed by atoms with E-state index < -0.39 is 5.97 Å². The highest BCUT2D eigenvalue weighted by atomic mass is 79.9. The molecule has 7 nitrogen and oxygen atoms in total. The predicted molar refractivity (Wildman–Crippen MR) is 106 cm³/mol. The number of amides is 1. The highest BCUT2D eigenvalue weighted by Gasteiger charge is 2.20. The van der Waals surface area contributed by atoms with Gasteiger partial charge in [0.1, 0.15) is 23.7 Å². The molecule has 0 radical (unpaired) electrons. The minimum Gasteiger partial charge on any atom is -0.496 e. The summed E-state index contributed by atoms with van der Waals surface area (Å²) in [4.78, 5) is 24.7. The van der Waals surface area contributed by atoms with Gasteiger partial charge in [0.05, 0.1) is 26.2 Å². The largest absolute Gasteiger partial charge is 0.496 e. The van der Waals surface area contributed by atoms with E-state index in [2.05, 4.69) is 21.2 Å². The quantitative estimate of drug-likeness (QED) is 0.560. The maximum absolute atomic E-state index is 12.6. The van der Waals surface area contributed by atoms with E-state index in [1.54, 1.807) is 35.9 Å². The molecule has 0 bridgehead atoms. The van der Waals surface area contributed by atoms with Crippen molar-refractivity contribution in [2.24, 2.45) is 0 Å². The SMILES string of the molecule is COC(=O)c1ccc(-c2ccco2)n1CC(=O)NCc1cc(Br)ccc1OC. The number of nitrogens with one attached hydrogen (secondary N) is 1. The molecular formula is C20H19BrN2O5. The van der Waals surface area contributed by atoms with Gasteiger partial charge in [0.15, 0.2) is 0 Å². The second kappa shape index (κ2) is 8.79. The Morgan fingerprint density at radius 3 is 2.68 bits per heavy atom. The topological polar surface area (TPSA) is 82.7 Å². The van der Waals surface area contributed by atoms with Crippen molar-refractivity contribution >= 4 is 27.8 Å². The monoisotopic (exact) mass is 446 g/mol. The van der Waals surface area contributed by atoms with Gasteiger partial charge in [0.25, 0.3) is 0 Å². The first kappa shape index (κ1) is 19.8. The summed E-state index contributed by atoms with van der Waals surface area (Å²) < 4.78 is 18.0. The van der Waals surface area contributed by atoms with Crippen LogP contribution >= 0.6 is 15.9 Å². The van der Waals surface area contributed by atoms with Crippen LogP contribution in [0.4, 0.5) is 0 Å². The molecule has 2 aromatic heterocycles. The molecule has 0 aliphatic heterocycles. The van der Waals surface area contributed by atoms with Gasteiger partial charge in [-0.15, -0.1) is 0 Å². The minimum atomic E-state index is -0.528. The number of ether oxygens (including phenoxy) is 2. The van der Waals surface area contributed by atoms with E-state index in [-0.39, 0.29) is 24.7 Å². The highest BCUT2D eigenvalue weighted by molar-refractivity contribution is 9.10. The molecule has 8 heteroatoms. The van der Waals surface area contributed by atoms with Gasteiger partial charge in [-0.2, -0.15) is 0 Å². The Labute approximate surface area is 170 Å². The number of carbonyl (C=O) groups is 2. The van der Waals surface area contributed by atoms with Gasteiger partial charge < -0.3 is 23.8 Å². The van der Waals surface area contributed by atoms with Crippen molar-refractivity contribution in [3.05, 3.63) is 64.5 Å². The number of halogens is 1. The van der Waals surface area contributed by atoms with E-state index in [1.807, 2.05) is 18.2 Å². The number of hydrogen-bond acceptors (Lipinski definition) is 5. The first-order chi connectivity index (χ1) is 13.5. The molecule has 0 atom stereocenters. The van der Waals surface area contributed by atoms with Crippen molar-refractivity contribution in [1.29, 1.82) is 0 Å². The van der Waals surface area contributed by atoms with Crippen LogP contribution in [-0.4, -0.2) is 30.7 Å². The zero-order valence-electron chi connectivity index (χ0n) is 15.4. The van der Waals surface area contributed by atoms with E-state index >= 15 is 0 Å². The summed E-state index contributed by atoms with van der Waals surface area (Å²) >= 11 is 3.41. The number of methoxy groups -OCH3 is 2. The van der Waals surface area contributed by atoms with Crippen molar-refractivity contribution < 1.29 is 23.5 Å². The summed E-state index contributed by atoms with van der Waals surface area (Å²) in [6, 6.07) is 12.4. The standard InChI is InChI=1S/C20H19BrN2O5/c1-26-17-8-5-14(21)10-13(17)11-22-19(24)12-23-15(18-4-3-9-28-18)6-7-16(23)20(25)27-2/h3-10H,11-12H2,1-2H3,(H,22,24). The molecule has 28 heavy (non-hydrogen) atoms. The molecule has 0 unspecified atom stereocenters. The van der Waals surface area contributed by atoms with Gasteiger partial charge in [-0.25, -0.2) is 4.79 Å². The number of rotatable bonds is 7. The van der Waals surface area contributed by atoms with Gasteiger partial charge >= 0.3 is 5.97 Å². The third kappa shape index (κ3) is 4.28. The zero-order chi connectivity index (χ0) is 20.1. The molecule has 0 saturated heterocycles. The lowest BCUT2D eigenvalue weighted by Gasteiger charge is -2.13. The molecule has 3 aromatic rings. The van der Waals surface area contributed by atoms with Gasteiger partial charge in [0, 0.05) is 16.6 Å². The second-order valence-electron chi connectivity index (χ2n) is 5.89. The lowest BCUT2D eigenvalue weighted by Crippen LogP contribution is -2.29. The third-order valence-corrected chi connectivity index (χ3v) is 4.66. The maximum atomic E-state index is 12.6. The average molecular weight is 447 g/mol. The number of esters is 1. The van der Waals surface area contributed by atoms with Crippen molar-refractivity contribution in [1.82, 2.24) is 9.88 Å². The maximum Gasteiger partial charge on any atom is 0.354 e. The Morgan fingerprint density at radius 2 is 2.00 bits per heavy atom. The fraction of sp³-hybridized carbons (Fsp3) is 0.200. The molecule has 0 saturated carbocycles. The Morgan fingerprint density at radius 1 is 1.18 bits per heavy atom. The summed E-state index contributed by atoms with van der Waals surface area (Å²) in [6.07, 6.45) is 1.53. The lowest BCUT2D eigenvalue weighted by molar-refractivity contribution is -0.121. The highest BCUT2D eigenvalue weighted by Crippen LogP contribution is 2.24. The van der Waals surface area contributed by atoms with Crippen molar-refractivity contribution in [2.75, 3.05) is 14.2 Å². The van der Waals surface area contributed by atoms with Gasteiger partial charge in [-0.05, 0) is 42.5 Å². The van der Waals surface area contributed by atoms with E-state index in [0.717, 1.165) is 10.0 Å². The van der Waals surface area contributed by atoms with E-state index in [1.165, 1.54) is 13.4 Å². The normalized spacial score (nSPS) is 10.5. The van der Waals surface area contributed by atoms with Gasteiger partial charge in [-0.3, -0.25) is 4.79 Å². The number of carbonyl (C=O) groups excluding carboxylic acids is 2. The molecule has 1 N–H and O–H groups in total. The number of furan rings is 1. The number of aromatic nitrogens is 1. The van der Waals surface area contributed by atoms with E-state index in [4.69, 9.17) is 13.9 Å². The fourth-order valence-corrected chi connectivity index (χ4v) is 3.25. The molecule has 1 aromatic carbocycles. The Bertz CT molecular complexity index is 979. The molecule has 0 fully saturated rings. The zero-order valence-corrected chi connectivity index (χ0v) is 17.0. The molecule has 0 aliphatic rings. The van der Waals surface area contributed by atoms with Crippen LogP contribution in [0.25, 0.3) is 11.5 Å². The van der Waals surface area contributed by atoms with Crippen molar-refractivity contribution in [3.8, 4) is 17.2 Å². The molecule has 146 valence electrons. The Hall–Kier alpha value is -3.00. The Kier molecular flexibility index (Phi) is 6.20. The van der Waals surface area contributed by atoms with Crippen LogP contribution < -0.4 is 10.1 Å². The van der Waals surface area contributed by atoms with Crippen LogP contribution in [0.2, 0.25) is 0 Å². The van der Waals surface area contributed by atoms with Crippen LogP contribution in [-0.2, 0) is 22.6 Å². The summed E-state index contributed by atoms with van der Waals surface area (Å²) in [5.41, 5.74) is 1.71. The summed E-state index contributed by atoms with van der Waals surface area (Å²) in [5, 5.41) is 2.85. The van der Waals surface area contributed by atoms with Crippen LogP contribution in [0.1, 0.15) is 16.1 Å². The predicted octanol–water partition coefficient (Wildman–Crippen LogP) is 3.62. The summed E-state index contributed by atoms with van der Waals surface area (Å²) in [7, 11) is 2.87. The smallest absolute Gasteiger partial charge is 0.354 e. The van der Waals surface area contributed by atoms with Crippen LogP contribution in [0, 0.1) is 0 Å². The number of benzene rings is 1. The molecular weight excluding hydrogens is 428 g/mol. The first-order valence-electron chi connectivity index (χ1n) is 8.44. The second-order valence-corrected chi connectivity index (χ2v) is 6.81. The van der Waals surface area contributed by atoms with Crippen LogP contribution in [0.15, 0.2) is 57.6 Å². The Balaban J connectivity index is 1.79.